The summed E-state index contributed by atoms with van der Waals surface area (Å²) in [5, 5.41) is 2.94. The Labute approximate surface area is 276 Å². The molecular weight excluding hydrogens is 574 g/mol. The summed E-state index contributed by atoms with van der Waals surface area (Å²) < 4.78 is 5.54. The van der Waals surface area contributed by atoms with Gasteiger partial charge in [0.25, 0.3) is 11.8 Å². The highest BCUT2D eigenvalue weighted by molar-refractivity contribution is 6.19. The second-order valence-electron chi connectivity index (χ2n) is 12.7. The van der Waals surface area contributed by atoms with Crippen LogP contribution in [0.1, 0.15) is 105 Å². The molecule has 1 heterocycles. The van der Waals surface area contributed by atoms with Crippen molar-refractivity contribution in [1.29, 1.82) is 0 Å². The average molecular weight is 628 g/mol. The van der Waals surface area contributed by atoms with Gasteiger partial charge in [-0.2, -0.15) is 0 Å². The summed E-state index contributed by atoms with van der Waals surface area (Å²) in [5.74, 6) is -0.185. The predicted molar refractivity (Wildman–Crippen MR) is 188 cm³/mol. The van der Waals surface area contributed by atoms with Crippen molar-refractivity contribution in [2.45, 2.75) is 111 Å². The minimum atomic E-state index is -0.679. The maximum absolute atomic E-state index is 13.5. The molecule has 1 aromatic rings. The Hall–Kier alpha value is -4.00. The molecule has 7 nitrogen and oxygen atoms in total. The summed E-state index contributed by atoms with van der Waals surface area (Å²) in [7, 11) is 0. The number of carbonyl (C=O) groups is 3. The maximum Gasteiger partial charge on any atom is 0.407 e. The monoisotopic (exact) mass is 627 g/mol. The number of hydrogen-bond acceptors (Lipinski definition) is 5. The number of carbonyl (C=O) groups excluding carboxylic acids is 3. The number of imide groups is 1. The van der Waals surface area contributed by atoms with Gasteiger partial charge in [0, 0.05) is 35.7 Å². The highest BCUT2D eigenvalue weighted by atomic mass is 16.6. The van der Waals surface area contributed by atoms with Crippen molar-refractivity contribution in [3.05, 3.63) is 89.1 Å². The van der Waals surface area contributed by atoms with E-state index < -0.39 is 17.7 Å². The van der Waals surface area contributed by atoms with E-state index in [1.54, 1.807) is 20.8 Å². The van der Waals surface area contributed by atoms with E-state index in [1.165, 1.54) is 4.90 Å². The van der Waals surface area contributed by atoms with E-state index >= 15 is 0 Å². The second-order valence-corrected chi connectivity index (χ2v) is 12.7. The lowest BCUT2D eigenvalue weighted by Gasteiger charge is -2.26. The van der Waals surface area contributed by atoms with Gasteiger partial charge in [0.2, 0.25) is 0 Å². The van der Waals surface area contributed by atoms with E-state index in [0.29, 0.717) is 36.3 Å². The molecule has 4 rings (SSSR count). The first-order valence-corrected chi connectivity index (χ1v) is 17.0. The lowest BCUT2D eigenvalue weighted by atomic mass is 9.98. The molecule has 0 saturated heterocycles. The fraction of sp³-hybridized carbons (Fsp3) is 0.487. The number of ether oxygens (including phenoxy) is 1. The van der Waals surface area contributed by atoms with Crippen molar-refractivity contribution in [3.63, 3.8) is 0 Å². The van der Waals surface area contributed by atoms with Crippen molar-refractivity contribution in [1.82, 2.24) is 10.2 Å². The predicted octanol–water partition coefficient (Wildman–Crippen LogP) is 8.68. The van der Waals surface area contributed by atoms with Crippen LogP contribution in [0.4, 0.5) is 4.79 Å². The van der Waals surface area contributed by atoms with Crippen molar-refractivity contribution >= 4 is 29.3 Å². The van der Waals surface area contributed by atoms with Crippen molar-refractivity contribution < 1.29 is 19.1 Å². The minimum absolute atomic E-state index is 0.0720. The van der Waals surface area contributed by atoms with E-state index in [1.807, 2.05) is 57.2 Å². The molecule has 1 N–H and O–H groups in total. The summed E-state index contributed by atoms with van der Waals surface area (Å²) in [6.07, 6.45) is 20.2. The quantitative estimate of drug-likeness (QED) is 0.231. The maximum atomic E-state index is 13.5. The van der Waals surface area contributed by atoms with Gasteiger partial charge in [0.15, 0.2) is 0 Å². The van der Waals surface area contributed by atoms with Crippen molar-refractivity contribution in [2.24, 2.45) is 10.9 Å². The first-order valence-electron chi connectivity index (χ1n) is 17.0. The highest BCUT2D eigenvalue weighted by Crippen LogP contribution is 2.30. The third kappa shape index (κ3) is 10.3. The van der Waals surface area contributed by atoms with Gasteiger partial charge in [-0.05, 0) is 83.8 Å². The molecule has 7 heteroatoms. The van der Waals surface area contributed by atoms with Gasteiger partial charge >= 0.3 is 6.09 Å². The lowest BCUT2D eigenvalue weighted by Crippen LogP contribution is -2.48. The molecule has 1 aliphatic heterocycles. The van der Waals surface area contributed by atoms with Crippen LogP contribution in [-0.4, -0.2) is 46.7 Å². The zero-order valence-electron chi connectivity index (χ0n) is 28.9. The van der Waals surface area contributed by atoms with E-state index in [0.717, 1.165) is 54.6 Å². The highest BCUT2D eigenvalue weighted by Gasteiger charge is 2.38. The van der Waals surface area contributed by atoms with Crippen molar-refractivity contribution in [3.8, 4) is 0 Å². The summed E-state index contributed by atoms with van der Waals surface area (Å²) in [6, 6.07) is 7.59. The molecule has 0 aromatic heterocycles. The number of nitrogens with zero attached hydrogens (tertiary/aromatic N) is 2. The molecule has 3 aliphatic rings. The molecule has 0 spiro atoms. The topological polar surface area (TPSA) is 88.1 Å². The summed E-state index contributed by atoms with van der Waals surface area (Å²) in [6.45, 7) is 13.7. The molecule has 0 bridgehead atoms. The third-order valence-corrected chi connectivity index (χ3v) is 8.09. The second kappa shape index (κ2) is 17.6. The Kier molecular flexibility index (Phi) is 14.0. The number of benzene rings is 1. The van der Waals surface area contributed by atoms with E-state index in [-0.39, 0.29) is 18.4 Å². The van der Waals surface area contributed by atoms with Gasteiger partial charge in [-0.25, -0.2) is 4.79 Å². The smallest absolute Gasteiger partial charge is 0.407 e. The molecule has 0 radical (unpaired) electrons. The normalized spacial score (nSPS) is 21.0. The molecule has 1 aromatic carbocycles. The van der Waals surface area contributed by atoms with Crippen LogP contribution in [0.2, 0.25) is 0 Å². The van der Waals surface area contributed by atoms with Gasteiger partial charge in [-0.1, -0.05) is 87.6 Å². The molecule has 3 amide bonds. The van der Waals surface area contributed by atoms with Crippen molar-refractivity contribution in [2.75, 3.05) is 6.54 Å². The van der Waals surface area contributed by atoms with Crippen LogP contribution in [0.15, 0.2) is 82.9 Å². The van der Waals surface area contributed by atoms with Gasteiger partial charge in [0.1, 0.15) is 5.60 Å². The van der Waals surface area contributed by atoms with Gasteiger partial charge in [-0.15, -0.1) is 0 Å². The van der Waals surface area contributed by atoms with E-state index in [4.69, 9.17) is 9.73 Å². The molecular formula is C39H53N3O4. The van der Waals surface area contributed by atoms with Crippen LogP contribution in [0, 0.1) is 5.92 Å². The van der Waals surface area contributed by atoms with Gasteiger partial charge in [0.05, 0.1) is 11.7 Å². The summed E-state index contributed by atoms with van der Waals surface area (Å²) in [4.78, 5) is 46.1. The van der Waals surface area contributed by atoms with Crippen LogP contribution >= 0.6 is 0 Å². The molecule has 0 saturated carbocycles. The number of hydrogen-bond donors (Lipinski definition) is 1. The molecule has 2 aliphatic carbocycles. The minimum Gasteiger partial charge on any atom is -0.444 e. The van der Waals surface area contributed by atoms with Crippen LogP contribution in [-0.2, 0) is 20.7 Å². The fourth-order valence-electron chi connectivity index (χ4n) is 5.82. The van der Waals surface area contributed by atoms with Crippen LogP contribution in [0.3, 0.4) is 0 Å². The largest absolute Gasteiger partial charge is 0.444 e. The fourth-order valence-corrected chi connectivity index (χ4v) is 5.82. The first kappa shape index (κ1) is 36.5. The van der Waals surface area contributed by atoms with Gasteiger partial charge in [-0.3, -0.25) is 19.5 Å². The Morgan fingerprint density at radius 2 is 1.74 bits per heavy atom. The Bertz CT molecular complexity index is 1400. The van der Waals surface area contributed by atoms with Crippen LogP contribution in [0.25, 0.3) is 5.70 Å². The molecule has 1 unspecified atom stereocenters. The molecule has 0 fully saturated rings. The number of rotatable bonds is 8. The first-order chi connectivity index (χ1) is 22.1. The van der Waals surface area contributed by atoms with E-state index in [2.05, 4.69) is 42.6 Å². The third-order valence-electron chi connectivity index (χ3n) is 8.09. The zero-order chi connectivity index (χ0) is 33.7. The molecule has 2 atom stereocenters. The zero-order valence-corrected chi connectivity index (χ0v) is 28.9. The number of alkyl carbamates (subject to hydrolysis) is 1. The average Bonchev–Trinajstić information content (AvgIpc) is 3.12. The Morgan fingerprint density at radius 1 is 1.02 bits per heavy atom. The summed E-state index contributed by atoms with van der Waals surface area (Å²) >= 11 is 0. The number of allylic oxidation sites excluding steroid dienone is 7. The number of nitrogens with one attached hydrogen (secondary N) is 1. The van der Waals surface area contributed by atoms with Gasteiger partial charge < -0.3 is 10.1 Å². The number of amides is 3. The summed E-state index contributed by atoms with van der Waals surface area (Å²) in [5.41, 5.74) is 4.55. The number of aliphatic imine (C=N–C) groups is 1. The van der Waals surface area contributed by atoms with Crippen LogP contribution < -0.4 is 5.32 Å². The van der Waals surface area contributed by atoms with E-state index in [9.17, 15) is 14.4 Å². The SMILES string of the molecule is C/C=C(\N=C1CC=CC=CC1CC)c1ccc(C[C@@H](CN2C(=O)C3=C(CCCC/C=C\C3)C2=O)NC(=O)OC(C)(C)C)cc1.CC. The Morgan fingerprint density at radius 3 is 2.41 bits per heavy atom. The molecule has 248 valence electrons. The Balaban J connectivity index is 0.00000282. The van der Waals surface area contributed by atoms with Crippen LogP contribution in [0.5, 0.6) is 0 Å². The standard InChI is InChI=1S/C37H47N3O4.C2H6/c1-6-27-16-12-11-15-19-33(27)39-32(7-2)28-22-20-26(21-23-28)24-29(38-36(43)44-37(3,4)5)25-40-34(41)30-17-13-9-8-10-14-18-31(30)35(40)42;1-2/h7,9,11-13,15-16,20-23,27,29H,6,8,10,14,17-19,24-25H2,1-5H3,(H,38,43);1-2H3/b13-9-,32-7-,39-33?;/t27?,29-;/m0./s1. The molecule has 46 heavy (non-hydrogen) atoms. The lowest BCUT2D eigenvalue weighted by molar-refractivity contribution is -0.138.